The van der Waals surface area contributed by atoms with Gasteiger partial charge in [0.1, 0.15) is 0 Å². The number of rotatable bonds is 3. The van der Waals surface area contributed by atoms with E-state index in [-0.39, 0.29) is 0 Å². The van der Waals surface area contributed by atoms with Crippen LogP contribution >= 0.6 is 0 Å². The van der Waals surface area contributed by atoms with Crippen molar-refractivity contribution >= 4 is 33.4 Å². The van der Waals surface area contributed by atoms with Gasteiger partial charge in [0.05, 0.1) is 11.0 Å². The van der Waals surface area contributed by atoms with E-state index in [0.29, 0.717) is 0 Å². The van der Waals surface area contributed by atoms with E-state index in [2.05, 4.69) is 77.5 Å². The molecule has 108 valence electrons. The molecule has 0 unspecified atom stereocenters. The van der Waals surface area contributed by atoms with Gasteiger partial charge in [-0.25, -0.2) is 4.98 Å². The summed E-state index contributed by atoms with van der Waals surface area (Å²) in [6.45, 7) is 3.02. The summed E-state index contributed by atoms with van der Waals surface area (Å²) in [6, 6.07) is 22.9. The zero-order valence-corrected chi connectivity index (χ0v) is 12.5. The van der Waals surface area contributed by atoms with Crippen molar-refractivity contribution in [3.8, 4) is 0 Å². The highest BCUT2D eigenvalue weighted by Crippen LogP contribution is 2.28. The SMILES string of the molecule is CCn1c(Nc2cccc3ccccc23)nc2ccccc21. The van der Waals surface area contributed by atoms with Crippen LogP contribution in [-0.4, -0.2) is 9.55 Å². The second kappa shape index (κ2) is 5.19. The monoisotopic (exact) mass is 287 g/mol. The van der Waals surface area contributed by atoms with Crippen molar-refractivity contribution in [1.29, 1.82) is 0 Å². The fraction of sp³-hybridized carbons (Fsp3) is 0.105. The van der Waals surface area contributed by atoms with Crippen LogP contribution in [0.15, 0.2) is 66.7 Å². The lowest BCUT2D eigenvalue weighted by Gasteiger charge is -2.11. The number of nitrogens with zero attached hydrogens (tertiary/aromatic N) is 2. The number of nitrogens with one attached hydrogen (secondary N) is 1. The quantitative estimate of drug-likeness (QED) is 0.577. The summed E-state index contributed by atoms with van der Waals surface area (Å²) in [5, 5.41) is 5.94. The molecule has 0 aliphatic carbocycles. The number of fused-ring (bicyclic) bond motifs is 2. The van der Waals surface area contributed by atoms with Gasteiger partial charge < -0.3 is 9.88 Å². The normalized spacial score (nSPS) is 11.1. The van der Waals surface area contributed by atoms with E-state index in [0.717, 1.165) is 29.2 Å². The molecule has 4 rings (SSSR count). The maximum Gasteiger partial charge on any atom is 0.208 e. The molecule has 4 aromatic rings. The van der Waals surface area contributed by atoms with E-state index in [1.165, 1.54) is 10.8 Å². The molecule has 0 atom stereocenters. The molecule has 3 nitrogen and oxygen atoms in total. The number of imidazole rings is 1. The molecule has 1 heterocycles. The summed E-state index contributed by atoms with van der Waals surface area (Å²) in [5.41, 5.74) is 3.27. The number of aromatic nitrogens is 2. The van der Waals surface area contributed by atoms with Crippen LogP contribution in [0, 0.1) is 0 Å². The zero-order valence-electron chi connectivity index (χ0n) is 12.5. The fourth-order valence-corrected chi connectivity index (χ4v) is 2.95. The molecule has 0 saturated heterocycles. The lowest BCUT2D eigenvalue weighted by Crippen LogP contribution is -2.02. The number of anilines is 2. The Bertz CT molecular complexity index is 948. The van der Waals surface area contributed by atoms with Gasteiger partial charge in [-0.2, -0.15) is 0 Å². The van der Waals surface area contributed by atoms with Crippen molar-refractivity contribution in [2.75, 3.05) is 5.32 Å². The first-order chi connectivity index (χ1) is 10.9. The van der Waals surface area contributed by atoms with Crippen LogP contribution in [0.5, 0.6) is 0 Å². The second-order valence-electron chi connectivity index (χ2n) is 5.32. The molecule has 3 heteroatoms. The van der Waals surface area contributed by atoms with Gasteiger partial charge in [0.2, 0.25) is 5.95 Å². The number of hydrogen-bond acceptors (Lipinski definition) is 2. The molecular formula is C19H17N3. The van der Waals surface area contributed by atoms with Gasteiger partial charge in [-0.05, 0) is 30.5 Å². The van der Waals surface area contributed by atoms with Gasteiger partial charge in [-0.3, -0.25) is 0 Å². The van der Waals surface area contributed by atoms with E-state index in [1.807, 2.05) is 6.07 Å². The van der Waals surface area contributed by atoms with Crippen LogP contribution in [-0.2, 0) is 6.54 Å². The number of para-hydroxylation sites is 2. The molecular weight excluding hydrogens is 270 g/mol. The van der Waals surface area contributed by atoms with Crippen molar-refractivity contribution in [3.05, 3.63) is 66.7 Å². The first-order valence-electron chi connectivity index (χ1n) is 7.57. The average Bonchev–Trinajstić information content (AvgIpc) is 2.92. The highest BCUT2D eigenvalue weighted by Gasteiger charge is 2.10. The van der Waals surface area contributed by atoms with Gasteiger partial charge in [0.25, 0.3) is 0 Å². The lowest BCUT2D eigenvalue weighted by molar-refractivity contribution is 0.797. The van der Waals surface area contributed by atoms with Crippen molar-refractivity contribution in [2.24, 2.45) is 0 Å². The minimum Gasteiger partial charge on any atom is -0.325 e. The van der Waals surface area contributed by atoms with E-state index >= 15 is 0 Å². The van der Waals surface area contributed by atoms with E-state index in [4.69, 9.17) is 4.98 Å². The Kier molecular flexibility index (Phi) is 3.04. The third kappa shape index (κ3) is 2.02. The van der Waals surface area contributed by atoms with Crippen molar-refractivity contribution in [2.45, 2.75) is 13.5 Å². The summed E-state index contributed by atoms with van der Waals surface area (Å²) >= 11 is 0. The van der Waals surface area contributed by atoms with E-state index in [1.54, 1.807) is 0 Å². The standard InChI is InChI=1S/C19H17N3/c1-2-22-18-13-6-5-11-17(18)21-19(22)20-16-12-7-9-14-8-3-4-10-15(14)16/h3-13H,2H2,1H3,(H,20,21). The molecule has 0 aliphatic heterocycles. The largest absolute Gasteiger partial charge is 0.325 e. The number of hydrogen-bond donors (Lipinski definition) is 1. The Morgan fingerprint density at radius 2 is 1.68 bits per heavy atom. The number of aryl methyl sites for hydroxylation is 1. The van der Waals surface area contributed by atoms with Gasteiger partial charge in [-0.1, -0.05) is 48.5 Å². The van der Waals surface area contributed by atoms with Gasteiger partial charge in [-0.15, -0.1) is 0 Å². The molecule has 0 spiro atoms. The van der Waals surface area contributed by atoms with Gasteiger partial charge in [0.15, 0.2) is 0 Å². The molecule has 1 N–H and O–H groups in total. The minimum atomic E-state index is 0.883. The van der Waals surface area contributed by atoms with Crippen LogP contribution in [0.3, 0.4) is 0 Å². The van der Waals surface area contributed by atoms with Crippen molar-refractivity contribution < 1.29 is 0 Å². The van der Waals surface area contributed by atoms with E-state index in [9.17, 15) is 0 Å². The van der Waals surface area contributed by atoms with Crippen LogP contribution in [0.2, 0.25) is 0 Å². The minimum absolute atomic E-state index is 0.883. The summed E-state index contributed by atoms with van der Waals surface area (Å²) in [5.74, 6) is 0.889. The van der Waals surface area contributed by atoms with Crippen LogP contribution in [0.25, 0.3) is 21.8 Å². The summed E-state index contributed by atoms with van der Waals surface area (Å²) in [6.07, 6.45) is 0. The van der Waals surface area contributed by atoms with Gasteiger partial charge >= 0.3 is 0 Å². The highest BCUT2D eigenvalue weighted by molar-refractivity contribution is 5.95. The number of benzene rings is 3. The molecule has 0 fully saturated rings. The zero-order chi connectivity index (χ0) is 14.9. The van der Waals surface area contributed by atoms with Gasteiger partial charge in [0, 0.05) is 17.6 Å². The maximum absolute atomic E-state index is 4.74. The van der Waals surface area contributed by atoms with Crippen LogP contribution in [0.4, 0.5) is 11.6 Å². The topological polar surface area (TPSA) is 29.9 Å². The molecule has 0 bridgehead atoms. The Morgan fingerprint density at radius 3 is 2.59 bits per heavy atom. The predicted molar refractivity (Wildman–Crippen MR) is 92.6 cm³/mol. The third-order valence-electron chi connectivity index (χ3n) is 4.01. The predicted octanol–water partition coefficient (Wildman–Crippen LogP) is 4.95. The molecule has 22 heavy (non-hydrogen) atoms. The Balaban J connectivity index is 1.86. The molecule has 3 aromatic carbocycles. The molecule has 0 amide bonds. The average molecular weight is 287 g/mol. The second-order valence-corrected chi connectivity index (χ2v) is 5.32. The summed E-state index contributed by atoms with van der Waals surface area (Å²) in [4.78, 5) is 4.74. The lowest BCUT2D eigenvalue weighted by atomic mass is 10.1. The van der Waals surface area contributed by atoms with Crippen LogP contribution < -0.4 is 5.32 Å². The van der Waals surface area contributed by atoms with Crippen molar-refractivity contribution in [1.82, 2.24) is 9.55 Å². The Hall–Kier alpha value is -2.81. The highest BCUT2D eigenvalue weighted by atomic mass is 15.2. The first-order valence-corrected chi connectivity index (χ1v) is 7.57. The molecule has 0 aliphatic rings. The Labute approximate surface area is 129 Å². The van der Waals surface area contributed by atoms with Crippen molar-refractivity contribution in [3.63, 3.8) is 0 Å². The van der Waals surface area contributed by atoms with E-state index < -0.39 is 0 Å². The maximum atomic E-state index is 4.74. The Morgan fingerprint density at radius 1 is 0.909 bits per heavy atom. The third-order valence-corrected chi connectivity index (χ3v) is 4.01. The molecule has 0 saturated carbocycles. The van der Waals surface area contributed by atoms with Crippen LogP contribution in [0.1, 0.15) is 6.92 Å². The molecule has 0 radical (unpaired) electrons. The smallest absolute Gasteiger partial charge is 0.208 e. The fourth-order valence-electron chi connectivity index (χ4n) is 2.95. The first kappa shape index (κ1) is 12.9. The summed E-state index contributed by atoms with van der Waals surface area (Å²) in [7, 11) is 0. The summed E-state index contributed by atoms with van der Waals surface area (Å²) < 4.78 is 2.21. The molecule has 1 aromatic heterocycles.